The fourth-order valence-corrected chi connectivity index (χ4v) is 4.30. The molecule has 2 nitrogen and oxygen atoms in total. The van der Waals surface area contributed by atoms with Gasteiger partial charge in [-0.25, -0.2) is 0 Å². The summed E-state index contributed by atoms with van der Waals surface area (Å²) in [6.45, 7) is 0. The zero-order chi connectivity index (χ0) is 20.5. The average Bonchev–Trinajstić information content (AvgIpc) is 2.82. The van der Waals surface area contributed by atoms with Crippen molar-refractivity contribution < 1.29 is 9.47 Å². The van der Waals surface area contributed by atoms with Crippen LogP contribution in [0, 0.1) is 0 Å². The summed E-state index contributed by atoms with van der Waals surface area (Å²) in [4.78, 5) is 0. The van der Waals surface area contributed by atoms with Crippen LogP contribution in [0.15, 0.2) is 97.1 Å². The summed E-state index contributed by atoms with van der Waals surface area (Å²) in [5, 5.41) is 4.63. The van der Waals surface area contributed by atoms with Gasteiger partial charge < -0.3 is 9.47 Å². The molecule has 0 heterocycles. The minimum Gasteiger partial charge on any atom is -0.496 e. The van der Waals surface area contributed by atoms with Crippen LogP contribution in [-0.4, -0.2) is 14.2 Å². The van der Waals surface area contributed by atoms with Crippen LogP contribution in [0.4, 0.5) is 0 Å². The summed E-state index contributed by atoms with van der Waals surface area (Å²) < 4.78 is 11.9. The lowest BCUT2D eigenvalue weighted by molar-refractivity contribution is 0.412. The zero-order valence-corrected chi connectivity index (χ0v) is 17.1. The molecule has 0 amide bonds. The van der Waals surface area contributed by atoms with E-state index < -0.39 is 0 Å². The predicted octanol–water partition coefficient (Wildman–Crippen LogP) is 7.34. The van der Waals surface area contributed by atoms with E-state index in [1.807, 2.05) is 12.1 Å². The Balaban J connectivity index is 1.99. The topological polar surface area (TPSA) is 18.5 Å². The first kappa shape index (κ1) is 18.3. The van der Waals surface area contributed by atoms with Crippen LogP contribution in [-0.2, 0) is 0 Å². The van der Waals surface area contributed by atoms with E-state index in [9.17, 15) is 0 Å². The quantitative estimate of drug-likeness (QED) is 0.319. The second kappa shape index (κ2) is 7.57. The molecular formula is C28H22O2. The Bertz CT molecular complexity index is 1350. The van der Waals surface area contributed by atoms with E-state index in [-0.39, 0.29) is 0 Å². The maximum Gasteiger partial charge on any atom is 0.135 e. The number of hydrogen-bond acceptors (Lipinski definition) is 2. The minimum atomic E-state index is 0.836. The van der Waals surface area contributed by atoms with Gasteiger partial charge in [-0.3, -0.25) is 0 Å². The van der Waals surface area contributed by atoms with Gasteiger partial charge in [-0.05, 0) is 39.2 Å². The molecule has 0 radical (unpaired) electrons. The summed E-state index contributed by atoms with van der Waals surface area (Å²) in [6.07, 6.45) is 0. The van der Waals surface area contributed by atoms with Crippen molar-refractivity contribution in [2.45, 2.75) is 0 Å². The van der Waals surface area contributed by atoms with E-state index in [2.05, 4.69) is 84.9 Å². The van der Waals surface area contributed by atoms with Crippen molar-refractivity contribution in [2.24, 2.45) is 0 Å². The molecule has 0 aliphatic heterocycles. The lowest BCUT2D eigenvalue weighted by atomic mass is 9.88. The number of ether oxygens (including phenoxy) is 2. The molecule has 0 aliphatic rings. The van der Waals surface area contributed by atoms with Gasteiger partial charge in [-0.2, -0.15) is 0 Å². The molecule has 5 aromatic carbocycles. The molecule has 146 valence electrons. The molecule has 0 unspecified atom stereocenters. The van der Waals surface area contributed by atoms with E-state index in [1.165, 1.54) is 10.8 Å². The van der Waals surface area contributed by atoms with Crippen LogP contribution < -0.4 is 9.47 Å². The fourth-order valence-electron chi connectivity index (χ4n) is 4.30. The highest BCUT2D eigenvalue weighted by Crippen LogP contribution is 2.49. The van der Waals surface area contributed by atoms with Gasteiger partial charge in [0.05, 0.1) is 14.2 Å². The Labute approximate surface area is 176 Å². The summed E-state index contributed by atoms with van der Waals surface area (Å²) in [5.41, 5.74) is 4.31. The van der Waals surface area contributed by atoms with Gasteiger partial charge in [-0.15, -0.1) is 0 Å². The molecule has 0 N–H and O–H groups in total. The molecule has 0 saturated heterocycles. The van der Waals surface area contributed by atoms with Crippen molar-refractivity contribution in [3.8, 4) is 33.8 Å². The second-order valence-electron chi connectivity index (χ2n) is 7.28. The fraction of sp³-hybridized carbons (Fsp3) is 0.0714. The van der Waals surface area contributed by atoms with E-state index in [4.69, 9.17) is 9.47 Å². The molecular weight excluding hydrogens is 368 g/mol. The number of hydrogen-bond donors (Lipinski definition) is 0. The van der Waals surface area contributed by atoms with Crippen molar-refractivity contribution in [1.82, 2.24) is 0 Å². The Kier molecular flexibility index (Phi) is 4.61. The normalized spacial score (nSPS) is 11.0. The molecule has 5 aromatic rings. The summed E-state index contributed by atoms with van der Waals surface area (Å²) in [6, 6.07) is 33.6. The van der Waals surface area contributed by atoms with Gasteiger partial charge in [0.1, 0.15) is 11.5 Å². The minimum absolute atomic E-state index is 0.836. The van der Waals surface area contributed by atoms with Gasteiger partial charge in [0.15, 0.2) is 0 Å². The van der Waals surface area contributed by atoms with E-state index in [1.54, 1.807) is 14.2 Å². The Morgan fingerprint density at radius 2 is 1.17 bits per heavy atom. The average molecular weight is 390 g/mol. The maximum atomic E-state index is 6.09. The molecule has 0 saturated carbocycles. The van der Waals surface area contributed by atoms with E-state index in [0.717, 1.165) is 44.5 Å². The van der Waals surface area contributed by atoms with Gasteiger partial charge in [0.25, 0.3) is 0 Å². The molecule has 0 spiro atoms. The molecule has 30 heavy (non-hydrogen) atoms. The Hall–Kier alpha value is -3.78. The van der Waals surface area contributed by atoms with Crippen LogP contribution in [0.25, 0.3) is 43.8 Å². The number of fused-ring (bicyclic) bond motifs is 2. The second-order valence-corrected chi connectivity index (χ2v) is 7.28. The van der Waals surface area contributed by atoms with Crippen LogP contribution >= 0.6 is 0 Å². The summed E-state index contributed by atoms with van der Waals surface area (Å²) >= 11 is 0. The molecule has 2 heteroatoms. The van der Waals surface area contributed by atoms with Gasteiger partial charge in [0.2, 0.25) is 0 Å². The van der Waals surface area contributed by atoms with Crippen molar-refractivity contribution in [3.05, 3.63) is 97.1 Å². The predicted molar refractivity (Wildman–Crippen MR) is 125 cm³/mol. The van der Waals surface area contributed by atoms with Crippen molar-refractivity contribution in [3.63, 3.8) is 0 Å². The van der Waals surface area contributed by atoms with Crippen molar-refractivity contribution >= 4 is 21.5 Å². The van der Waals surface area contributed by atoms with Gasteiger partial charge >= 0.3 is 0 Å². The zero-order valence-electron chi connectivity index (χ0n) is 17.1. The third-order valence-corrected chi connectivity index (χ3v) is 5.65. The smallest absolute Gasteiger partial charge is 0.135 e. The number of benzene rings is 5. The monoisotopic (exact) mass is 390 g/mol. The number of rotatable bonds is 4. The summed E-state index contributed by atoms with van der Waals surface area (Å²) in [5.74, 6) is 1.69. The SMILES string of the molecule is COc1ccc2ccccc2c1-c1c(OC)c(-c2ccccc2)cc2ccccc12. The third kappa shape index (κ3) is 2.89. The van der Waals surface area contributed by atoms with Crippen molar-refractivity contribution in [2.75, 3.05) is 14.2 Å². The highest BCUT2D eigenvalue weighted by atomic mass is 16.5. The van der Waals surface area contributed by atoms with E-state index >= 15 is 0 Å². The molecule has 0 bridgehead atoms. The van der Waals surface area contributed by atoms with Gasteiger partial charge in [-0.1, -0.05) is 84.9 Å². The first-order chi connectivity index (χ1) is 14.8. The van der Waals surface area contributed by atoms with Crippen LogP contribution in [0.5, 0.6) is 11.5 Å². The highest BCUT2D eigenvalue weighted by molar-refractivity contribution is 6.12. The Morgan fingerprint density at radius 3 is 1.87 bits per heavy atom. The maximum absolute atomic E-state index is 6.09. The van der Waals surface area contributed by atoms with Crippen LogP contribution in [0.2, 0.25) is 0 Å². The molecule has 0 atom stereocenters. The van der Waals surface area contributed by atoms with E-state index in [0.29, 0.717) is 0 Å². The molecule has 0 aromatic heterocycles. The standard InChI is InChI=1S/C28H22O2/c1-29-25-17-16-20-12-6-8-14-22(20)26(25)27-23-15-9-7-13-21(23)18-24(28(27)30-2)19-10-4-3-5-11-19/h3-18H,1-2H3. The summed E-state index contributed by atoms with van der Waals surface area (Å²) in [7, 11) is 3.47. The Morgan fingerprint density at radius 1 is 0.533 bits per heavy atom. The van der Waals surface area contributed by atoms with Crippen LogP contribution in [0.1, 0.15) is 0 Å². The number of methoxy groups -OCH3 is 2. The molecule has 0 aliphatic carbocycles. The van der Waals surface area contributed by atoms with Crippen molar-refractivity contribution in [1.29, 1.82) is 0 Å². The molecule has 0 fully saturated rings. The first-order valence-electron chi connectivity index (χ1n) is 10.0. The first-order valence-corrected chi connectivity index (χ1v) is 10.0. The lowest BCUT2D eigenvalue weighted by Crippen LogP contribution is -1.97. The lowest BCUT2D eigenvalue weighted by Gasteiger charge is -2.20. The largest absolute Gasteiger partial charge is 0.496 e. The van der Waals surface area contributed by atoms with Gasteiger partial charge in [0, 0.05) is 16.7 Å². The highest BCUT2D eigenvalue weighted by Gasteiger charge is 2.21. The van der Waals surface area contributed by atoms with Crippen LogP contribution in [0.3, 0.4) is 0 Å². The molecule has 5 rings (SSSR count). The third-order valence-electron chi connectivity index (χ3n) is 5.65.